The highest BCUT2D eigenvalue weighted by atomic mass is 16.5. The largest absolute Gasteiger partial charge is 0.481 e. The predicted octanol–water partition coefficient (Wildman–Crippen LogP) is 1.44. The Morgan fingerprint density at radius 1 is 1.12 bits per heavy atom. The maximum atomic E-state index is 11.9. The number of rotatable bonds is 2. The molecule has 2 bridgehead atoms. The van der Waals surface area contributed by atoms with E-state index in [1.54, 1.807) is 0 Å². The Bertz CT molecular complexity index is 365. The van der Waals surface area contributed by atoms with Gasteiger partial charge in [-0.3, -0.25) is 9.59 Å². The summed E-state index contributed by atoms with van der Waals surface area (Å²) in [5.74, 6) is -0.262. The zero-order chi connectivity index (χ0) is 11.6. The Labute approximate surface area is 94.0 Å². The third kappa shape index (κ3) is 0.913. The molecule has 0 saturated heterocycles. The third-order valence-electron chi connectivity index (χ3n) is 5.26. The first-order valence-electron chi connectivity index (χ1n) is 5.89. The molecule has 0 aromatic carbocycles. The fraction of sp³-hybridized carbons (Fsp3) is 0.833. The Hall–Kier alpha value is -1.06. The second-order valence-corrected chi connectivity index (χ2v) is 5.56. The number of methoxy groups -OCH3 is 1. The minimum Gasteiger partial charge on any atom is -0.481 e. The van der Waals surface area contributed by atoms with Gasteiger partial charge in [-0.25, -0.2) is 0 Å². The molecular formula is C12H16O4. The van der Waals surface area contributed by atoms with Gasteiger partial charge in [0.15, 0.2) is 0 Å². The molecule has 4 nitrogen and oxygen atoms in total. The van der Waals surface area contributed by atoms with Crippen molar-refractivity contribution in [3.8, 4) is 0 Å². The lowest BCUT2D eigenvalue weighted by molar-refractivity contribution is -0.174. The van der Waals surface area contributed by atoms with Crippen LogP contribution in [0, 0.1) is 22.7 Å². The van der Waals surface area contributed by atoms with Crippen LogP contribution in [0.15, 0.2) is 0 Å². The van der Waals surface area contributed by atoms with Crippen molar-refractivity contribution in [3.05, 3.63) is 0 Å². The first-order valence-corrected chi connectivity index (χ1v) is 5.89. The molecule has 0 spiro atoms. The Balaban J connectivity index is 1.94. The Kier molecular flexibility index (Phi) is 1.76. The van der Waals surface area contributed by atoms with E-state index in [9.17, 15) is 14.7 Å². The van der Waals surface area contributed by atoms with E-state index in [1.165, 1.54) is 7.11 Å². The van der Waals surface area contributed by atoms with Crippen LogP contribution in [0.4, 0.5) is 0 Å². The molecule has 4 saturated carbocycles. The van der Waals surface area contributed by atoms with Crippen molar-refractivity contribution >= 4 is 11.9 Å². The number of aliphatic carboxylic acids is 1. The third-order valence-corrected chi connectivity index (χ3v) is 5.26. The maximum absolute atomic E-state index is 11.9. The van der Waals surface area contributed by atoms with Crippen molar-refractivity contribution in [3.63, 3.8) is 0 Å². The molecule has 1 N–H and O–H groups in total. The number of esters is 1. The zero-order valence-corrected chi connectivity index (χ0v) is 9.36. The summed E-state index contributed by atoms with van der Waals surface area (Å²) in [5.41, 5.74) is -0.850. The number of carboxylic acid groups (broad SMARTS) is 1. The number of ether oxygens (including phenoxy) is 1. The smallest absolute Gasteiger partial charge is 0.312 e. The Morgan fingerprint density at radius 2 is 1.62 bits per heavy atom. The van der Waals surface area contributed by atoms with Gasteiger partial charge < -0.3 is 9.84 Å². The molecule has 0 radical (unpaired) electrons. The van der Waals surface area contributed by atoms with Crippen LogP contribution >= 0.6 is 0 Å². The van der Waals surface area contributed by atoms with Gasteiger partial charge >= 0.3 is 11.9 Å². The molecule has 4 aliphatic carbocycles. The molecule has 2 atom stereocenters. The number of carbonyl (C=O) groups excluding carboxylic acids is 1. The summed E-state index contributed by atoms with van der Waals surface area (Å²) in [6.07, 6.45) is 3.61. The van der Waals surface area contributed by atoms with E-state index in [0.717, 1.165) is 6.42 Å². The maximum Gasteiger partial charge on any atom is 0.312 e. The van der Waals surface area contributed by atoms with E-state index in [-0.39, 0.29) is 23.2 Å². The van der Waals surface area contributed by atoms with Gasteiger partial charge in [-0.15, -0.1) is 0 Å². The lowest BCUT2D eigenvalue weighted by Gasteiger charge is -2.48. The van der Waals surface area contributed by atoms with E-state index in [1.807, 2.05) is 0 Å². The topological polar surface area (TPSA) is 63.6 Å². The molecule has 16 heavy (non-hydrogen) atoms. The van der Waals surface area contributed by atoms with Crippen molar-refractivity contribution in [2.24, 2.45) is 22.7 Å². The zero-order valence-electron chi connectivity index (χ0n) is 9.36. The van der Waals surface area contributed by atoms with Crippen LogP contribution < -0.4 is 0 Å². The van der Waals surface area contributed by atoms with Gasteiger partial charge in [-0.05, 0) is 43.9 Å². The molecule has 4 heteroatoms. The summed E-state index contributed by atoms with van der Waals surface area (Å²) < 4.78 is 4.91. The van der Waals surface area contributed by atoms with Crippen molar-refractivity contribution in [1.29, 1.82) is 0 Å². The highest BCUT2D eigenvalue weighted by molar-refractivity contribution is 5.82. The Morgan fingerprint density at radius 3 is 2.12 bits per heavy atom. The number of hydrogen-bond acceptors (Lipinski definition) is 3. The second kappa shape index (κ2) is 2.79. The molecule has 4 aliphatic rings. The van der Waals surface area contributed by atoms with Gasteiger partial charge in [-0.1, -0.05) is 0 Å². The highest BCUT2D eigenvalue weighted by Gasteiger charge is 2.73. The summed E-state index contributed by atoms with van der Waals surface area (Å²) in [6.45, 7) is 0. The van der Waals surface area contributed by atoms with Gasteiger partial charge in [0.2, 0.25) is 0 Å². The molecule has 0 aromatic rings. The molecule has 0 aromatic heterocycles. The number of hydrogen-bond donors (Lipinski definition) is 1. The highest BCUT2D eigenvalue weighted by Crippen LogP contribution is 2.73. The van der Waals surface area contributed by atoms with Crippen LogP contribution in [-0.2, 0) is 14.3 Å². The molecular weight excluding hydrogens is 208 g/mol. The molecule has 4 fully saturated rings. The van der Waals surface area contributed by atoms with Gasteiger partial charge in [0.1, 0.15) is 0 Å². The van der Waals surface area contributed by atoms with Crippen LogP contribution in [0.5, 0.6) is 0 Å². The average Bonchev–Trinajstić information content (AvgIpc) is 3.10. The quantitative estimate of drug-likeness (QED) is 0.721. The fourth-order valence-corrected chi connectivity index (χ4v) is 4.23. The van der Waals surface area contributed by atoms with Crippen molar-refractivity contribution in [1.82, 2.24) is 0 Å². The molecule has 88 valence electrons. The summed E-state index contributed by atoms with van der Waals surface area (Å²) in [7, 11) is 1.43. The van der Waals surface area contributed by atoms with E-state index in [4.69, 9.17) is 4.74 Å². The normalized spacial score (nSPS) is 48.3. The molecule has 0 amide bonds. The standard InChI is InChI=1S/C12H16O4/c1-16-10(15)12-4-2-11(3-5-12,9(13)14)7-6-8(7)12/h7-8H,2-6H2,1H3,(H,13,14)/t7-,8+,11?,12?/m0/s1. The van der Waals surface area contributed by atoms with Crippen molar-refractivity contribution < 1.29 is 19.4 Å². The molecule has 0 unspecified atom stereocenters. The SMILES string of the molecule is COC(=O)C12CCC(C(=O)O)(CC1)[C@H]1C[C@H]12. The second-order valence-electron chi connectivity index (χ2n) is 5.56. The van der Waals surface area contributed by atoms with Crippen LogP contribution in [0.25, 0.3) is 0 Å². The fourth-order valence-electron chi connectivity index (χ4n) is 4.23. The summed E-state index contributed by atoms with van der Waals surface area (Å²) in [4.78, 5) is 23.3. The van der Waals surface area contributed by atoms with Gasteiger partial charge in [-0.2, -0.15) is 0 Å². The molecule has 4 rings (SSSR count). The van der Waals surface area contributed by atoms with Crippen molar-refractivity contribution in [2.75, 3.05) is 7.11 Å². The van der Waals surface area contributed by atoms with Crippen molar-refractivity contribution in [2.45, 2.75) is 32.1 Å². The molecule has 0 aliphatic heterocycles. The lowest BCUT2D eigenvalue weighted by atomic mass is 9.54. The van der Waals surface area contributed by atoms with Gasteiger partial charge in [0.25, 0.3) is 0 Å². The minimum absolute atomic E-state index is 0.112. The summed E-state index contributed by atoms with van der Waals surface area (Å²) >= 11 is 0. The lowest BCUT2D eigenvalue weighted by Crippen LogP contribution is -2.51. The van der Waals surface area contributed by atoms with E-state index in [0.29, 0.717) is 25.7 Å². The van der Waals surface area contributed by atoms with Crippen LogP contribution in [0.3, 0.4) is 0 Å². The van der Waals surface area contributed by atoms with E-state index in [2.05, 4.69) is 0 Å². The van der Waals surface area contributed by atoms with Gasteiger partial charge in [0.05, 0.1) is 17.9 Å². The summed E-state index contributed by atoms with van der Waals surface area (Å²) in [6, 6.07) is 0. The minimum atomic E-state index is -0.654. The monoisotopic (exact) mass is 224 g/mol. The van der Waals surface area contributed by atoms with E-state index >= 15 is 0 Å². The summed E-state index contributed by atoms with van der Waals surface area (Å²) in [5, 5.41) is 9.37. The number of carboxylic acids is 1. The van der Waals surface area contributed by atoms with Crippen LogP contribution in [0.1, 0.15) is 32.1 Å². The first-order chi connectivity index (χ1) is 7.57. The number of carbonyl (C=O) groups is 2. The predicted molar refractivity (Wildman–Crippen MR) is 54.6 cm³/mol. The average molecular weight is 224 g/mol. The van der Waals surface area contributed by atoms with E-state index < -0.39 is 11.4 Å². The van der Waals surface area contributed by atoms with Gasteiger partial charge in [0, 0.05) is 0 Å². The molecule has 0 heterocycles. The van der Waals surface area contributed by atoms with Crippen LogP contribution in [0.2, 0.25) is 0 Å². The first kappa shape index (κ1) is 10.1. The van der Waals surface area contributed by atoms with Crippen LogP contribution in [-0.4, -0.2) is 24.2 Å². The number of fused-ring (bicyclic) bond motifs is 2.